The van der Waals surface area contributed by atoms with Gasteiger partial charge in [0.25, 0.3) is 0 Å². The van der Waals surface area contributed by atoms with Crippen molar-refractivity contribution >= 4 is 16.8 Å². The minimum absolute atomic E-state index is 0.00366. The Hall–Kier alpha value is -3.82. The zero-order valence-corrected chi connectivity index (χ0v) is 24.2. The zero-order valence-electron chi connectivity index (χ0n) is 24.2. The van der Waals surface area contributed by atoms with Crippen molar-refractivity contribution in [1.29, 1.82) is 0 Å². The number of piperidine rings is 1. The van der Waals surface area contributed by atoms with Crippen molar-refractivity contribution < 1.29 is 23.4 Å². The molecule has 1 aliphatic rings. The molecule has 1 fully saturated rings. The molecule has 1 aliphatic heterocycles. The van der Waals surface area contributed by atoms with E-state index in [0.29, 0.717) is 44.5 Å². The van der Waals surface area contributed by atoms with Crippen LogP contribution in [-0.4, -0.2) is 58.3 Å². The highest BCUT2D eigenvalue weighted by atomic mass is 19.1. The number of carbonyl (C=O) groups is 1. The molecule has 1 amide bonds. The molecule has 0 aliphatic carbocycles. The first-order chi connectivity index (χ1) is 20.3. The van der Waals surface area contributed by atoms with Gasteiger partial charge in [0, 0.05) is 80.6 Å². The van der Waals surface area contributed by atoms with Crippen molar-refractivity contribution in [3.8, 4) is 17.0 Å². The maximum atomic E-state index is 15.0. The van der Waals surface area contributed by atoms with Crippen molar-refractivity contribution in [2.75, 3.05) is 26.8 Å². The van der Waals surface area contributed by atoms with Gasteiger partial charge in [-0.3, -0.25) is 4.79 Å². The van der Waals surface area contributed by atoms with Crippen molar-refractivity contribution in [1.82, 2.24) is 14.5 Å². The van der Waals surface area contributed by atoms with Crippen molar-refractivity contribution in [3.05, 3.63) is 83.2 Å². The molecular weight excluding hydrogens is 538 g/mol. The van der Waals surface area contributed by atoms with Gasteiger partial charge in [-0.2, -0.15) is 0 Å². The summed E-state index contributed by atoms with van der Waals surface area (Å²) in [4.78, 5) is 19.2. The van der Waals surface area contributed by atoms with E-state index in [1.807, 2.05) is 40.7 Å². The van der Waals surface area contributed by atoms with Gasteiger partial charge in [0.1, 0.15) is 11.6 Å². The summed E-state index contributed by atoms with van der Waals surface area (Å²) in [6.45, 7) is 4.01. The van der Waals surface area contributed by atoms with Gasteiger partial charge in [-0.15, -0.1) is 0 Å². The van der Waals surface area contributed by atoms with E-state index in [2.05, 4.69) is 4.98 Å². The lowest BCUT2D eigenvalue weighted by Gasteiger charge is -2.34. The molecule has 222 valence electrons. The first-order valence-corrected chi connectivity index (χ1v) is 14.5. The molecule has 3 heterocycles. The van der Waals surface area contributed by atoms with Gasteiger partial charge in [0.15, 0.2) is 0 Å². The summed E-state index contributed by atoms with van der Waals surface area (Å²) in [5.74, 6) is -0.933. The van der Waals surface area contributed by atoms with Crippen LogP contribution >= 0.6 is 0 Å². The number of methoxy groups -OCH3 is 1. The number of aromatic hydroxyl groups is 1. The number of likely N-dealkylation sites (tertiary alicyclic amines) is 1. The molecule has 0 spiro atoms. The van der Waals surface area contributed by atoms with E-state index in [1.165, 1.54) is 12.1 Å². The number of aromatic nitrogens is 2. The van der Waals surface area contributed by atoms with Crippen LogP contribution in [0.15, 0.2) is 54.7 Å². The predicted octanol–water partition coefficient (Wildman–Crippen LogP) is 5.70. The van der Waals surface area contributed by atoms with Crippen LogP contribution in [0.5, 0.6) is 5.88 Å². The smallest absolute Gasteiger partial charge is 0.224 e. The minimum Gasteiger partial charge on any atom is -0.493 e. The van der Waals surface area contributed by atoms with Crippen LogP contribution in [0.4, 0.5) is 8.78 Å². The average Bonchev–Trinajstić information content (AvgIpc) is 3.29. The van der Waals surface area contributed by atoms with E-state index >= 15 is 4.39 Å². The van der Waals surface area contributed by atoms with E-state index < -0.39 is 11.6 Å². The quantitative estimate of drug-likeness (QED) is 0.236. The fourth-order valence-electron chi connectivity index (χ4n) is 6.28. The molecular formula is C33H38F2N4O3. The Labute approximate surface area is 244 Å². The van der Waals surface area contributed by atoms with Gasteiger partial charge < -0.3 is 25.0 Å². The summed E-state index contributed by atoms with van der Waals surface area (Å²) in [6, 6.07) is 13.3. The number of hydrogen-bond donors (Lipinski definition) is 2. The molecule has 9 heteroatoms. The Kier molecular flexibility index (Phi) is 9.18. The SMILES string of the molecule is COCCCn1c(C2CCCN(C(=O)CC(N)Cc3ccc(-c4ccc(O)nc4)cc3)C2)c(C)c2c(F)ccc(F)c21. The number of nitrogens with zero attached hydrogens (tertiary/aromatic N) is 3. The summed E-state index contributed by atoms with van der Waals surface area (Å²) in [5.41, 5.74) is 11.3. The molecule has 0 radical (unpaired) electrons. The number of fused-ring (bicyclic) bond motifs is 1. The van der Waals surface area contributed by atoms with Crippen LogP contribution in [-0.2, 0) is 22.5 Å². The third-order valence-corrected chi connectivity index (χ3v) is 8.26. The lowest BCUT2D eigenvalue weighted by atomic mass is 9.91. The summed E-state index contributed by atoms with van der Waals surface area (Å²) in [5, 5.41) is 9.73. The Morgan fingerprint density at radius 2 is 1.86 bits per heavy atom. The number of pyridine rings is 1. The summed E-state index contributed by atoms with van der Waals surface area (Å²) < 4.78 is 37.1. The molecule has 0 bridgehead atoms. The van der Waals surface area contributed by atoms with E-state index in [9.17, 15) is 14.3 Å². The van der Waals surface area contributed by atoms with Gasteiger partial charge in [0.2, 0.25) is 11.8 Å². The molecule has 0 saturated carbocycles. The molecule has 5 rings (SSSR count). The highest BCUT2D eigenvalue weighted by Crippen LogP contribution is 2.38. The van der Waals surface area contributed by atoms with Crippen LogP contribution < -0.4 is 5.73 Å². The van der Waals surface area contributed by atoms with Crippen LogP contribution in [0.25, 0.3) is 22.0 Å². The fourth-order valence-corrected chi connectivity index (χ4v) is 6.28. The van der Waals surface area contributed by atoms with Crippen LogP contribution in [0.2, 0.25) is 0 Å². The lowest BCUT2D eigenvalue weighted by molar-refractivity contribution is -0.132. The van der Waals surface area contributed by atoms with Crippen molar-refractivity contribution in [2.24, 2.45) is 5.73 Å². The molecule has 4 aromatic rings. The zero-order chi connectivity index (χ0) is 29.8. The van der Waals surface area contributed by atoms with Crippen LogP contribution in [0.3, 0.4) is 0 Å². The standard InChI is InChI=1S/C33H38F2N4O3/c1-21-31-27(34)11-12-28(35)33(31)39(15-4-16-42-2)32(21)25-5-3-14-38(20-25)30(41)18-26(36)17-22-6-8-23(9-7-22)24-10-13-29(40)37-19-24/h6-13,19,25-26H,3-5,14-18,20,36H2,1-2H3,(H,37,40). The van der Waals surface area contributed by atoms with Gasteiger partial charge in [-0.1, -0.05) is 24.3 Å². The number of hydrogen-bond acceptors (Lipinski definition) is 5. The van der Waals surface area contributed by atoms with E-state index in [-0.39, 0.29) is 35.7 Å². The Morgan fingerprint density at radius 3 is 2.57 bits per heavy atom. The van der Waals surface area contributed by atoms with Crippen molar-refractivity contribution in [3.63, 3.8) is 0 Å². The molecule has 2 unspecified atom stereocenters. The largest absolute Gasteiger partial charge is 0.493 e. The fraction of sp³-hybridized carbons (Fsp3) is 0.394. The first kappa shape index (κ1) is 29.7. The van der Waals surface area contributed by atoms with E-state index in [1.54, 1.807) is 25.4 Å². The first-order valence-electron chi connectivity index (χ1n) is 14.5. The highest BCUT2D eigenvalue weighted by Gasteiger charge is 2.31. The van der Waals surface area contributed by atoms with Gasteiger partial charge >= 0.3 is 0 Å². The second kappa shape index (κ2) is 13.0. The number of rotatable bonds is 10. The number of ether oxygens (including phenoxy) is 1. The lowest BCUT2D eigenvalue weighted by Crippen LogP contribution is -2.42. The van der Waals surface area contributed by atoms with E-state index in [4.69, 9.17) is 10.5 Å². The third-order valence-electron chi connectivity index (χ3n) is 8.26. The maximum absolute atomic E-state index is 15.0. The normalized spacial score (nSPS) is 16.2. The van der Waals surface area contributed by atoms with Gasteiger partial charge in [-0.05, 0) is 67.5 Å². The number of halogens is 2. The second-order valence-electron chi connectivity index (χ2n) is 11.2. The summed E-state index contributed by atoms with van der Waals surface area (Å²) in [6.07, 6.45) is 4.71. The number of carbonyl (C=O) groups excluding carboxylic acids is 1. The molecule has 1 saturated heterocycles. The molecule has 7 nitrogen and oxygen atoms in total. The maximum Gasteiger partial charge on any atom is 0.224 e. The molecule has 42 heavy (non-hydrogen) atoms. The van der Waals surface area contributed by atoms with Crippen molar-refractivity contribution in [2.45, 2.75) is 57.5 Å². The molecule has 2 aromatic heterocycles. The van der Waals surface area contributed by atoms with Gasteiger partial charge in [-0.25, -0.2) is 13.8 Å². The topological polar surface area (TPSA) is 93.6 Å². The summed E-state index contributed by atoms with van der Waals surface area (Å²) in [7, 11) is 1.63. The number of aryl methyl sites for hydroxylation is 2. The number of benzene rings is 2. The summed E-state index contributed by atoms with van der Waals surface area (Å²) >= 11 is 0. The van der Waals surface area contributed by atoms with Crippen LogP contribution in [0, 0.1) is 18.6 Å². The second-order valence-corrected chi connectivity index (χ2v) is 11.2. The number of nitrogens with two attached hydrogens (primary N) is 1. The minimum atomic E-state index is -0.444. The molecule has 2 atom stereocenters. The van der Waals surface area contributed by atoms with Crippen LogP contribution in [0.1, 0.15) is 48.4 Å². The van der Waals surface area contributed by atoms with Gasteiger partial charge in [0.05, 0.1) is 5.52 Å². The molecule has 2 aromatic carbocycles. The Morgan fingerprint density at radius 1 is 1.12 bits per heavy atom. The Balaban J connectivity index is 1.27. The predicted molar refractivity (Wildman–Crippen MR) is 159 cm³/mol. The molecule has 3 N–H and O–H groups in total. The highest BCUT2D eigenvalue weighted by molar-refractivity contribution is 5.87. The Bertz CT molecular complexity index is 1540. The number of amides is 1. The van der Waals surface area contributed by atoms with E-state index in [0.717, 1.165) is 40.8 Å². The monoisotopic (exact) mass is 576 g/mol. The third kappa shape index (κ3) is 6.32. The average molecular weight is 577 g/mol.